The second-order valence-electron chi connectivity index (χ2n) is 2.85. The van der Waals surface area contributed by atoms with Crippen LogP contribution in [-0.2, 0) is 9.59 Å². The van der Waals surface area contributed by atoms with Crippen molar-refractivity contribution in [1.29, 1.82) is 0 Å². The molecule has 0 aromatic carbocycles. The van der Waals surface area contributed by atoms with Crippen LogP contribution in [0, 0.1) is 0 Å². The van der Waals surface area contributed by atoms with Crippen LogP contribution in [0.1, 0.15) is 6.92 Å². The van der Waals surface area contributed by atoms with Gasteiger partial charge in [-0.3, -0.25) is 14.5 Å². The molecule has 6 nitrogen and oxygen atoms in total. The number of likely N-dealkylation sites (N-methyl/N-ethyl adjacent to an activating group) is 1. The van der Waals surface area contributed by atoms with Gasteiger partial charge in [-0.15, -0.1) is 0 Å². The van der Waals surface area contributed by atoms with Crippen molar-refractivity contribution in [3.63, 3.8) is 0 Å². The summed E-state index contributed by atoms with van der Waals surface area (Å²) in [5.41, 5.74) is 0. The Hall–Kier alpha value is -1.14. The SMILES string of the molecule is CCNCCN(CC(=O)O)CC(=O)O. The van der Waals surface area contributed by atoms with Crippen LogP contribution < -0.4 is 5.32 Å². The summed E-state index contributed by atoms with van der Waals surface area (Å²) < 4.78 is 0. The molecule has 0 aromatic rings. The quantitative estimate of drug-likeness (QED) is 0.442. The van der Waals surface area contributed by atoms with Crippen LogP contribution in [0.5, 0.6) is 0 Å². The van der Waals surface area contributed by atoms with Gasteiger partial charge in [0.2, 0.25) is 0 Å². The molecule has 0 aliphatic rings. The Bertz CT molecular complexity index is 180. The smallest absolute Gasteiger partial charge is 0.317 e. The number of carboxylic acids is 2. The number of rotatable bonds is 8. The van der Waals surface area contributed by atoms with Crippen molar-refractivity contribution >= 4 is 11.9 Å². The van der Waals surface area contributed by atoms with Crippen LogP contribution >= 0.6 is 0 Å². The molecule has 0 radical (unpaired) electrons. The topological polar surface area (TPSA) is 89.9 Å². The molecule has 6 heteroatoms. The molecule has 0 unspecified atom stereocenters. The summed E-state index contributed by atoms with van der Waals surface area (Å²) in [6, 6.07) is 0. The third-order valence-electron chi connectivity index (χ3n) is 1.57. The minimum Gasteiger partial charge on any atom is -0.480 e. The first-order chi connectivity index (χ1) is 6.56. The lowest BCUT2D eigenvalue weighted by molar-refractivity contribution is -0.141. The standard InChI is InChI=1S/C8H16N2O4/c1-2-9-3-4-10(5-7(11)12)6-8(13)14/h9H,2-6H2,1H3,(H,11,12)(H,13,14). The first kappa shape index (κ1) is 12.9. The molecule has 82 valence electrons. The summed E-state index contributed by atoms with van der Waals surface area (Å²) in [5, 5.41) is 20.0. The maximum Gasteiger partial charge on any atom is 0.317 e. The van der Waals surface area contributed by atoms with Gasteiger partial charge in [0, 0.05) is 13.1 Å². The zero-order valence-corrected chi connectivity index (χ0v) is 8.19. The lowest BCUT2D eigenvalue weighted by Crippen LogP contribution is -2.39. The van der Waals surface area contributed by atoms with Crippen LogP contribution in [0.4, 0.5) is 0 Å². The van der Waals surface area contributed by atoms with Crippen molar-refractivity contribution in [3.05, 3.63) is 0 Å². The zero-order valence-electron chi connectivity index (χ0n) is 8.19. The summed E-state index contributed by atoms with van der Waals surface area (Å²) in [6.07, 6.45) is 0. The minimum atomic E-state index is -1.01. The van der Waals surface area contributed by atoms with E-state index in [4.69, 9.17) is 10.2 Å². The molecule has 0 fully saturated rings. The summed E-state index contributed by atoms with van der Waals surface area (Å²) in [7, 11) is 0. The van der Waals surface area contributed by atoms with Gasteiger partial charge in [0.05, 0.1) is 13.1 Å². The second kappa shape index (κ2) is 7.28. The number of hydrogen-bond acceptors (Lipinski definition) is 4. The number of carboxylic acid groups (broad SMARTS) is 2. The Morgan fingerprint density at radius 3 is 2.07 bits per heavy atom. The summed E-state index contributed by atoms with van der Waals surface area (Å²) >= 11 is 0. The van der Waals surface area contributed by atoms with E-state index in [1.807, 2.05) is 6.92 Å². The van der Waals surface area contributed by atoms with Gasteiger partial charge >= 0.3 is 11.9 Å². The average Bonchev–Trinajstić information content (AvgIpc) is 2.02. The van der Waals surface area contributed by atoms with E-state index in [-0.39, 0.29) is 13.1 Å². The minimum absolute atomic E-state index is 0.238. The van der Waals surface area contributed by atoms with Gasteiger partial charge in [0.25, 0.3) is 0 Å². The van der Waals surface area contributed by atoms with E-state index in [0.717, 1.165) is 6.54 Å². The first-order valence-corrected chi connectivity index (χ1v) is 4.43. The van der Waals surface area contributed by atoms with E-state index in [9.17, 15) is 9.59 Å². The molecule has 3 N–H and O–H groups in total. The molecule has 0 amide bonds. The summed E-state index contributed by atoms with van der Waals surface area (Å²) in [5.74, 6) is -2.02. The van der Waals surface area contributed by atoms with Crippen LogP contribution in [0.25, 0.3) is 0 Å². The molecule has 0 rings (SSSR count). The first-order valence-electron chi connectivity index (χ1n) is 4.43. The lowest BCUT2D eigenvalue weighted by atomic mass is 10.4. The maximum absolute atomic E-state index is 10.4. The van der Waals surface area contributed by atoms with Gasteiger partial charge in [-0.2, -0.15) is 0 Å². The Balaban J connectivity index is 3.84. The van der Waals surface area contributed by atoms with E-state index in [1.165, 1.54) is 4.90 Å². The van der Waals surface area contributed by atoms with E-state index in [2.05, 4.69) is 5.32 Å². The molecule has 0 atom stereocenters. The Kier molecular flexibility index (Phi) is 6.69. The summed E-state index contributed by atoms with van der Waals surface area (Å²) in [6.45, 7) is 3.26. The van der Waals surface area contributed by atoms with Crippen LogP contribution in [0.3, 0.4) is 0 Å². The maximum atomic E-state index is 10.4. The number of hydrogen-bond donors (Lipinski definition) is 3. The van der Waals surface area contributed by atoms with Crippen molar-refractivity contribution in [2.24, 2.45) is 0 Å². The van der Waals surface area contributed by atoms with Crippen molar-refractivity contribution in [2.45, 2.75) is 6.92 Å². The Morgan fingerprint density at radius 2 is 1.71 bits per heavy atom. The highest BCUT2D eigenvalue weighted by atomic mass is 16.4. The normalized spacial score (nSPS) is 10.4. The van der Waals surface area contributed by atoms with Gasteiger partial charge < -0.3 is 15.5 Å². The molecule has 0 aliphatic heterocycles. The van der Waals surface area contributed by atoms with Crippen molar-refractivity contribution < 1.29 is 19.8 Å². The van der Waals surface area contributed by atoms with Crippen molar-refractivity contribution in [2.75, 3.05) is 32.7 Å². The summed E-state index contributed by atoms with van der Waals surface area (Å²) in [4.78, 5) is 22.1. The number of carbonyl (C=O) groups is 2. The number of nitrogens with one attached hydrogen (secondary N) is 1. The zero-order chi connectivity index (χ0) is 11.0. The third kappa shape index (κ3) is 7.51. The predicted molar refractivity (Wildman–Crippen MR) is 50.3 cm³/mol. The van der Waals surface area contributed by atoms with Gasteiger partial charge in [0.15, 0.2) is 0 Å². The van der Waals surface area contributed by atoms with E-state index < -0.39 is 11.9 Å². The molecule has 0 aliphatic carbocycles. The average molecular weight is 204 g/mol. The molecule has 0 bridgehead atoms. The largest absolute Gasteiger partial charge is 0.480 e. The molecule has 0 aromatic heterocycles. The van der Waals surface area contributed by atoms with Gasteiger partial charge in [-0.05, 0) is 6.54 Å². The van der Waals surface area contributed by atoms with Crippen LogP contribution in [-0.4, -0.2) is 59.8 Å². The second-order valence-corrected chi connectivity index (χ2v) is 2.85. The molecular formula is C8H16N2O4. The highest BCUT2D eigenvalue weighted by molar-refractivity contribution is 5.72. The Morgan fingerprint density at radius 1 is 1.21 bits per heavy atom. The van der Waals surface area contributed by atoms with Crippen LogP contribution in [0.15, 0.2) is 0 Å². The van der Waals surface area contributed by atoms with Gasteiger partial charge in [0.1, 0.15) is 0 Å². The molecule has 0 saturated carbocycles. The van der Waals surface area contributed by atoms with Crippen molar-refractivity contribution in [3.8, 4) is 0 Å². The highest BCUT2D eigenvalue weighted by Gasteiger charge is 2.12. The van der Waals surface area contributed by atoms with E-state index in [0.29, 0.717) is 13.1 Å². The number of aliphatic carboxylic acids is 2. The van der Waals surface area contributed by atoms with Gasteiger partial charge in [-0.1, -0.05) is 6.92 Å². The van der Waals surface area contributed by atoms with E-state index >= 15 is 0 Å². The van der Waals surface area contributed by atoms with E-state index in [1.54, 1.807) is 0 Å². The Labute approximate surface area is 82.5 Å². The lowest BCUT2D eigenvalue weighted by Gasteiger charge is -2.17. The van der Waals surface area contributed by atoms with Gasteiger partial charge in [-0.25, -0.2) is 0 Å². The monoisotopic (exact) mass is 204 g/mol. The molecule has 0 heterocycles. The molecular weight excluding hydrogens is 188 g/mol. The predicted octanol–water partition coefficient (Wildman–Crippen LogP) is -0.933. The molecule has 0 spiro atoms. The number of nitrogens with zero attached hydrogens (tertiary/aromatic N) is 1. The fraction of sp³-hybridized carbons (Fsp3) is 0.750. The molecule has 0 saturated heterocycles. The highest BCUT2D eigenvalue weighted by Crippen LogP contribution is 1.87. The van der Waals surface area contributed by atoms with Crippen molar-refractivity contribution in [1.82, 2.24) is 10.2 Å². The third-order valence-corrected chi connectivity index (χ3v) is 1.57. The van der Waals surface area contributed by atoms with Crippen LogP contribution in [0.2, 0.25) is 0 Å². The fourth-order valence-electron chi connectivity index (χ4n) is 1.01. The fourth-order valence-corrected chi connectivity index (χ4v) is 1.01. The molecule has 14 heavy (non-hydrogen) atoms.